The highest BCUT2D eigenvalue weighted by Crippen LogP contribution is 2.17. The van der Waals surface area contributed by atoms with Crippen LogP contribution in [0.15, 0.2) is 34.2 Å². The molecule has 0 aromatic heterocycles. The smallest absolute Gasteiger partial charge is 0.240 e. The van der Waals surface area contributed by atoms with Crippen LogP contribution >= 0.6 is 0 Å². The van der Waals surface area contributed by atoms with Gasteiger partial charge in [-0.25, -0.2) is 13.1 Å². The number of rotatable bonds is 7. The molecule has 0 aliphatic heterocycles. The van der Waals surface area contributed by atoms with Crippen molar-refractivity contribution in [2.75, 3.05) is 19.6 Å². The van der Waals surface area contributed by atoms with E-state index in [4.69, 9.17) is 0 Å². The standard InChI is InChI=1S/C18H30N4O2S/c1-3-19-18(22-16-7-5-4-6-8-16)20-13-14-21-25(23,24)17-11-9-15(2)10-12-17/h9-12,16,21H,3-8,13-14H2,1-2H3,(H2,19,20,22). The highest BCUT2D eigenvalue weighted by atomic mass is 32.2. The van der Waals surface area contributed by atoms with Crippen molar-refractivity contribution in [3.8, 4) is 0 Å². The van der Waals surface area contributed by atoms with Crippen LogP contribution in [0.2, 0.25) is 0 Å². The zero-order valence-electron chi connectivity index (χ0n) is 15.2. The first kappa shape index (κ1) is 19.7. The van der Waals surface area contributed by atoms with Crippen LogP contribution < -0.4 is 15.4 Å². The van der Waals surface area contributed by atoms with Crippen LogP contribution in [0.5, 0.6) is 0 Å². The number of hydrogen-bond acceptors (Lipinski definition) is 3. The molecule has 0 unspecified atom stereocenters. The first-order valence-corrected chi connectivity index (χ1v) is 10.6. The minimum Gasteiger partial charge on any atom is -0.357 e. The monoisotopic (exact) mass is 366 g/mol. The third kappa shape index (κ3) is 6.66. The molecule has 0 bridgehead atoms. The summed E-state index contributed by atoms with van der Waals surface area (Å²) in [5, 5.41) is 6.68. The van der Waals surface area contributed by atoms with Gasteiger partial charge in [-0.3, -0.25) is 4.99 Å². The van der Waals surface area contributed by atoms with Crippen molar-refractivity contribution in [3.63, 3.8) is 0 Å². The number of sulfonamides is 1. The average Bonchev–Trinajstić information content (AvgIpc) is 2.60. The Balaban J connectivity index is 1.84. The van der Waals surface area contributed by atoms with Gasteiger partial charge in [0.2, 0.25) is 10.0 Å². The van der Waals surface area contributed by atoms with Gasteiger partial charge in [-0.2, -0.15) is 0 Å². The molecule has 7 heteroatoms. The van der Waals surface area contributed by atoms with Crippen LogP contribution in [0.25, 0.3) is 0 Å². The van der Waals surface area contributed by atoms with E-state index in [2.05, 4.69) is 20.3 Å². The first-order chi connectivity index (χ1) is 12.0. The van der Waals surface area contributed by atoms with Crippen LogP contribution in [0.4, 0.5) is 0 Å². The number of benzene rings is 1. The largest absolute Gasteiger partial charge is 0.357 e. The van der Waals surface area contributed by atoms with E-state index in [1.165, 1.54) is 32.1 Å². The van der Waals surface area contributed by atoms with Crippen LogP contribution in [0.1, 0.15) is 44.6 Å². The molecule has 3 N–H and O–H groups in total. The van der Waals surface area contributed by atoms with E-state index in [0.717, 1.165) is 18.1 Å². The van der Waals surface area contributed by atoms with Crippen molar-refractivity contribution in [2.24, 2.45) is 4.99 Å². The van der Waals surface area contributed by atoms with Crippen molar-refractivity contribution < 1.29 is 8.42 Å². The van der Waals surface area contributed by atoms with Gasteiger partial charge in [-0.05, 0) is 38.8 Å². The normalized spacial score (nSPS) is 16.6. The number of hydrogen-bond donors (Lipinski definition) is 3. The predicted octanol–water partition coefficient (Wildman–Crippen LogP) is 2.16. The Morgan fingerprint density at radius 1 is 1.16 bits per heavy atom. The lowest BCUT2D eigenvalue weighted by Crippen LogP contribution is -2.44. The van der Waals surface area contributed by atoms with Crippen LogP contribution in [-0.2, 0) is 10.0 Å². The fourth-order valence-corrected chi connectivity index (χ4v) is 3.93. The Morgan fingerprint density at radius 3 is 2.48 bits per heavy atom. The van der Waals surface area contributed by atoms with Gasteiger partial charge in [-0.15, -0.1) is 0 Å². The van der Waals surface area contributed by atoms with Crippen molar-refractivity contribution in [1.82, 2.24) is 15.4 Å². The minimum absolute atomic E-state index is 0.275. The molecule has 1 saturated carbocycles. The van der Waals surface area contributed by atoms with Gasteiger partial charge < -0.3 is 10.6 Å². The van der Waals surface area contributed by atoms with Gasteiger partial charge >= 0.3 is 0 Å². The molecule has 1 aromatic rings. The van der Waals surface area contributed by atoms with Crippen molar-refractivity contribution >= 4 is 16.0 Å². The third-order valence-corrected chi connectivity index (χ3v) is 5.77. The molecule has 2 rings (SSSR count). The van der Waals surface area contributed by atoms with E-state index in [1.54, 1.807) is 24.3 Å². The number of nitrogens with one attached hydrogen (secondary N) is 3. The Hall–Kier alpha value is -1.60. The molecule has 1 aliphatic rings. The summed E-state index contributed by atoms with van der Waals surface area (Å²) in [5.41, 5.74) is 1.03. The summed E-state index contributed by atoms with van der Waals surface area (Å²) < 4.78 is 27.1. The molecular weight excluding hydrogens is 336 g/mol. The molecule has 0 amide bonds. The van der Waals surface area contributed by atoms with Gasteiger partial charge in [-0.1, -0.05) is 37.0 Å². The lowest BCUT2D eigenvalue weighted by Gasteiger charge is -2.24. The number of guanidine groups is 1. The molecular formula is C18H30N4O2S. The summed E-state index contributed by atoms with van der Waals surface area (Å²) in [6.45, 7) is 5.41. The van der Waals surface area contributed by atoms with Crippen LogP contribution in [0.3, 0.4) is 0 Å². The molecule has 25 heavy (non-hydrogen) atoms. The number of aryl methyl sites for hydroxylation is 1. The molecule has 1 fully saturated rings. The molecule has 1 aliphatic carbocycles. The molecule has 1 aromatic carbocycles. The maximum atomic E-state index is 12.2. The first-order valence-electron chi connectivity index (χ1n) is 9.12. The van der Waals surface area contributed by atoms with Crippen molar-refractivity contribution in [2.45, 2.75) is 56.9 Å². The second-order valence-electron chi connectivity index (χ2n) is 6.45. The lowest BCUT2D eigenvalue weighted by atomic mass is 9.96. The highest BCUT2D eigenvalue weighted by Gasteiger charge is 2.15. The molecule has 0 saturated heterocycles. The SMILES string of the molecule is CCNC(=NCCNS(=O)(=O)c1ccc(C)cc1)NC1CCCCC1. The summed E-state index contributed by atoms with van der Waals surface area (Å²) in [5.74, 6) is 0.768. The molecule has 140 valence electrons. The maximum Gasteiger partial charge on any atom is 0.240 e. The van der Waals surface area contributed by atoms with E-state index >= 15 is 0 Å². The molecule has 0 spiro atoms. The molecule has 6 nitrogen and oxygen atoms in total. The van der Waals surface area contributed by atoms with E-state index in [9.17, 15) is 8.42 Å². The van der Waals surface area contributed by atoms with E-state index in [-0.39, 0.29) is 11.4 Å². The number of nitrogens with zero attached hydrogens (tertiary/aromatic N) is 1. The van der Waals surface area contributed by atoms with Crippen LogP contribution in [-0.4, -0.2) is 40.1 Å². The summed E-state index contributed by atoms with van der Waals surface area (Å²) in [6.07, 6.45) is 6.17. The van der Waals surface area contributed by atoms with Crippen LogP contribution in [0, 0.1) is 6.92 Å². The Bertz CT molecular complexity index is 650. The van der Waals surface area contributed by atoms with E-state index in [0.29, 0.717) is 12.6 Å². The minimum atomic E-state index is -3.47. The highest BCUT2D eigenvalue weighted by molar-refractivity contribution is 7.89. The molecule has 0 atom stereocenters. The summed E-state index contributed by atoms with van der Waals surface area (Å²) in [4.78, 5) is 4.77. The van der Waals surface area contributed by atoms with Gasteiger partial charge in [0.05, 0.1) is 11.4 Å². The van der Waals surface area contributed by atoms with Gasteiger partial charge in [0.1, 0.15) is 0 Å². The zero-order chi connectivity index (χ0) is 18.1. The summed E-state index contributed by atoms with van der Waals surface area (Å²) in [6, 6.07) is 7.30. The van der Waals surface area contributed by atoms with E-state index < -0.39 is 10.0 Å². The zero-order valence-corrected chi connectivity index (χ0v) is 16.0. The fraction of sp³-hybridized carbons (Fsp3) is 0.611. The lowest BCUT2D eigenvalue weighted by molar-refractivity contribution is 0.410. The average molecular weight is 367 g/mol. The summed E-state index contributed by atoms with van der Waals surface area (Å²) >= 11 is 0. The van der Waals surface area contributed by atoms with Crippen molar-refractivity contribution in [1.29, 1.82) is 0 Å². The second-order valence-corrected chi connectivity index (χ2v) is 8.22. The topological polar surface area (TPSA) is 82.6 Å². The Morgan fingerprint density at radius 2 is 1.84 bits per heavy atom. The molecule has 0 radical (unpaired) electrons. The molecule has 0 heterocycles. The Labute approximate surface area is 151 Å². The number of aliphatic imine (C=N–C) groups is 1. The quantitative estimate of drug-likeness (QED) is 0.392. The summed E-state index contributed by atoms with van der Waals surface area (Å²) in [7, 11) is -3.47. The third-order valence-electron chi connectivity index (χ3n) is 4.30. The Kier molecular flexibility index (Phi) is 7.71. The second kappa shape index (κ2) is 9.77. The van der Waals surface area contributed by atoms with Gasteiger partial charge in [0.25, 0.3) is 0 Å². The maximum absolute atomic E-state index is 12.2. The van der Waals surface area contributed by atoms with E-state index in [1.807, 2.05) is 13.8 Å². The van der Waals surface area contributed by atoms with Gasteiger partial charge in [0, 0.05) is 19.1 Å². The van der Waals surface area contributed by atoms with Gasteiger partial charge in [0.15, 0.2) is 5.96 Å². The predicted molar refractivity (Wildman–Crippen MR) is 102 cm³/mol. The van der Waals surface area contributed by atoms with Crippen molar-refractivity contribution in [3.05, 3.63) is 29.8 Å². The fourth-order valence-electron chi connectivity index (χ4n) is 2.91.